The van der Waals surface area contributed by atoms with E-state index in [0.29, 0.717) is 36.0 Å². The zero-order chi connectivity index (χ0) is 21.6. The summed E-state index contributed by atoms with van der Waals surface area (Å²) in [5.74, 6) is 1.24. The Balaban J connectivity index is 2.03. The van der Waals surface area contributed by atoms with Crippen LogP contribution in [0.4, 0.5) is 0 Å². The highest BCUT2D eigenvalue weighted by Crippen LogP contribution is 2.30. The number of hydrogen-bond donors (Lipinski definition) is 1. The van der Waals surface area contributed by atoms with E-state index in [1.165, 1.54) is 37.8 Å². The second kappa shape index (κ2) is 13.5. The van der Waals surface area contributed by atoms with Gasteiger partial charge in [-0.3, -0.25) is 0 Å². The molecule has 0 saturated heterocycles. The highest BCUT2D eigenvalue weighted by Gasteiger charge is 2.14. The van der Waals surface area contributed by atoms with Crippen LogP contribution in [0.2, 0.25) is 0 Å². The molecule has 0 spiro atoms. The topological polar surface area (TPSA) is 65.0 Å². The van der Waals surface area contributed by atoms with Crippen molar-refractivity contribution in [1.82, 2.24) is 0 Å². The summed E-state index contributed by atoms with van der Waals surface area (Å²) in [5.41, 5.74) is 0.393. The summed E-state index contributed by atoms with van der Waals surface area (Å²) in [6.07, 6.45) is 8.96. The molecule has 0 aromatic heterocycles. The van der Waals surface area contributed by atoms with Gasteiger partial charge in [-0.1, -0.05) is 52.4 Å². The molecule has 30 heavy (non-hydrogen) atoms. The first-order chi connectivity index (χ1) is 14.6. The van der Waals surface area contributed by atoms with Crippen molar-refractivity contribution in [3.8, 4) is 23.0 Å². The Morgan fingerprint density at radius 3 is 1.97 bits per heavy atom. The third kappa shape index (κ3) is 8.36. The zero-order valence-electron chi connectivity index (χ0n) is 18.2. The number of esters is 1. The standard InChI is InChI=1S/C25H34O5/c1-3-5-7-9-17-28-23-16-11-20(19-24(23)29-18-10-8-6-4-2)25(27)30-22-14-12-21(26)13-15-22/h11-16,19,26H,3-10,17-18H2,1-2H3. The number of phenolic OH excluding ortho intramolecular Hbond substituents is 1. The lowest BCUT2D eigenvalue weighted by Gasteiger charge is -2.14. The normalized spacial score (nSPS) is 10.6. The number of benzene rings is 2. The summed E-state index contributed by atoms with van der Waals surface area (Å²) in [5, 5.41) is 9.36. The average molecular weight is 415 g/mol. The Morgan fingerprint density at radius 1 is 0.767 bits per heavy atom. The third-order valence-electron chi connectivity index (χ3n) is 4.74. The van der Waals surface area contributed by atoms with Crippen LogP contribution in [0.3, 0.4) is 0 Å². The third-order valence-corrected chi connectivity index (χ3v) is 4.74. The Bertz CT molecular complexity index is 755. The first-order valence-electron chi connectivity index (χ1n) is 11.0. The lowest BCUT2D eigenvalue weighted by Crippen LogP contribution is -2.10. The number of unbranched alkanes of at least 4 members (excludes halogenated alkanes) is 6. The summed E-state index contributed by atoms with van der Waals surface area (Å²) in [4.78, 5) is 12.5. The van der Waals surface area contributed by atoms with Crippen molar-refractivity contribution < 1.29 is 24.1 Å². The SMILES string of the molecule is CCCCCCOc1ccc(C(=O)Oc2ccc(O)cc2)cc1OCCCCCC. The van der Waals surface area contributed by atoms with Gasteiger partial charge in [-0.15, -0.1) is 0 Å². The Morgan fingerprint density at radius 2 is 1.37 bits per heavy atom. The maximum absolute atomic E-state index is 12.5. The van der Waals surface area contributed by atoms with E-state index in [4.69, 9.17) is 14.2 Å². The van der Waals surface area contributed by atoms with Crippen molar-refractivity contribution >= 4 is 5.97 Å². The van der Waals surface area contributed by atoms with Gasteiger partial charge in [-0.05, 0) is 55.3 Å². The first kappa shape index (κ1) is 23.6. The van der Waals surface area contributed by atoms with Gasteiger partial charge in [0.15, 0.2) is 11.5 Å². The van der Waals surface area contributed by atoms with Crippen LogP contribution in [0.1, 0.15) is 75.6 Å². The van der Waals surface area contributed by atoms with Crippen LogP contribution < -0.4 is 14.2 Å². The van der Waals surface area contributed by atoms with Crippen LogP contribution in [-0.4, -0.2) is 24.3 Å². The minimum atomic E-state index is -0.481. The Labute approximate surface area is 180 Å². The monoisotopic (exact) mass is 414 g/mol. The van der Waals surface area contributed by atoms with Crippen LogP contribution in [0.5, 0.6) is 23.0 Å². The number of carbonyl (C=O) groups excluding carboxylic acids is 1. The summed E-state index contributed by atoms with van der Waals surface area (Å²) in [7, 11) is 0. The van der Waals surface area contributed by atoms with E-state index in [1.54, 1.807) is 30.3 Å². The molecular weight excluding hydrogens is 380 g/mol. The van der Waals surface area contributed by atoms with Gasteiger partial charge in [0.25, 0.3) is 0 Å². The minimum Gasteiger partial charge on any atom is -0.508 e. The van der Waals surface area contributed by atoms with Gasteiger partial charge < -0.3 is 19.3 Å². The Kier molecular flexibility index (Phi) is 10.6. The van der Waals surface area contributed by atoms with E-state index in [-0.39, 0.29) is 5.75 Å². The van der Waals surface area contributed by atoms with Gasteiger partial charge in [-0.25, -0.2) is 4.79 Å². The lowest BCUT2D eigenvalue weighted by molar-refractivity contribution is 0.0734. The minimum absolute atomic E-state index is 0.119. The summed E-state index contributed by atoms with van der Waals surface area (Å²) < 4.78 is 17.3. The second-order valence-electron chi connectivity index (χ2n) is 7.36. The lowest BCUT2D eigenvalue weighted by atomic mass is 10.2. The fourth-order valence-corrected chi connectivity index (χ4v) is 2.97. The van der Waals surface area contributed by atoms with Crippen LogP contribution in [0.15, 0.2) is 42.5 Å². The van der Waals surface area contributed by atoms with Gasteiger partial charge in [0.1, 0.15) is 11.5 Å². The van der Waals surface area contributed by atoms with Crippen LogP contribution >= 0.6 is 0 Å². The number of ether oxygens (including phenoxy) is 3. The maximum Gasteiger partial charge on any atom is 0.343 e. The van der Waals surface area contributed by atoms with Crippen molar-refractivity contribution in [3.05, 3.63) is 48.0 Å². The van der Waals surface area contributed by atoms with Gasteiger partial charge in [0, 0.05) is 0 Å². The van der Waals surface area contributed by atoms with E-state index in [9.17, 15) is 9.90 Å². The molecule has 0 heterocycles. The van der Waals surface area contributed by atoms with E-state index >= 15 is 0 Å². The number of rotatable bonds is 14. The molecule has 2 rings (SSSR count). The fraction of sp³-hybridized carbons (Fsp3) is 0.480. The smallest absolute Gasteiger partial charge is 0.343 e. The molecule has 0 atom stereocenters. The molecular formula is C25H34O5. The zero-order valence-corrected chi connectivity index (χ0v) is 18.2. The quantitative estimate of drug-likeness (QED) is 0.216. The molecule has 2 aromatic carbocycles. The van der Waals surface area contributed by atoms with Gasteiger partial charge >= 0.3 is 5.97 Å². The van der Waals surface area contributed by atoms with Crippen LogP contribution in [0, 0.1) is 0 Å². The molecule has 0 unspecified atom stereocenters. The highest BCUT2D eigenvalue weighted by atomic mass is 16.5. The molecule has 0 aliphatic heterocycles. The molecule has 0 fully saturated rings. The van der Waals surface area contributed by atoms with E-state index in [2.05, 4.69) is 13.8 Å². The molecule has 0 amide bonds. The number of hydrogen-bond acceptors (Lipinski definition) is 5. The van der Waals surface area contributed by atoms with Crippen LogP contribution in [-0.2, 0) is 0 Å². The van der Waals surface area contributed by atoms with Gasteiger partial charge in [0.05, 0.1) is 18.8 Å². The molecule has 5 nitrogen and oxygen atoms in total. The maximum atomic E-state index is 12.5. The van der Waals surface area contributed by atoms with Gasteiger partial charge in [-0.2, -0.15) is 0 Å². The van der Waals surface area contributed by atoms with E-state index in [0.717, 1.165) is 25.7 Å². The van der Waals surface area contributed by atoms with Gasteiger partial charge in [0.2, 0.25) is 0 Å². The highest BCUT2D eigenvalue weighted by molar-refractivity contribution is 5.91. The largest absolute Gasteiger partial charge is 0.508 e. The number of phenols is 1. The predicted molar refractivity (Wildman–Crippen MR) is 119 cm³/mol. The average Bonchev–Trinajstić information content (AvgIpc) is 2.75. The molecule has 0 bridgehead atoms. The first-order valence-corrected chi connectivity index (χ1v) is 11.0. The molecule has 1 N–H and O–H groups in total. The summed E-state index contributed by atoms with van der Waals surface area (Å²) in [6, 6.07) is 11.2. The van der Waals surface area contributed by atoms with E-state index < -0.39 is 5.97 Å². The Hall–Kier alpha value is -2.69. The number of aromatic hydroxyl groups is 1. The van der Waals surface area contributed by atoms with Crippen molar-refractivity contribution in [1.29, 1.82) is 0 Å². The van der Waals surface area contributed by atoms with Crippen molar-refractivity contribution in [2.45, 2.75) is 65.2 Å². The van der Waals surface area contributed by atoms with Crippen molar-refractivity contribution in [2.75, 3.05) is 13.2 Å². The molecule has 5 heteroatoms. The van der Waals surface area contributed by atoms with E-state index in [1.807, 2.05) is 0 Å². The molecule has 2 aromatic rings. The van der Waals surface area contributed by atoms with Crippen LogP contribution in [0.25, 0.3) is 0 Å². The summed E-state index contributed by atoms with van der Waals surface area (Å²) in [6.45, 7) is 5.57. The van der Waals surface area contributed by atoms with Crippen molar-refractivity contribution in [2.24, 2.45) is 0 Å². The molecule has 164 valence electrons. The molecule has 0 aliphatic rings. The molecule has 0 radical (unpaired) electrons. The predicted octanol–water partition coefficient (Wildman–Crippen LogP) is 6.53. The van der Waals surface area contributed by atoms with Crippen molar-refractivity contribution in [3.63, 3.8) is 0 Å². The molecule has 0 aliphatic carbocycles. The molecule has 0 saturated carbocycles. The second-order valence-corrected chi connectivity index (χ2v) is 7.36. The fourth-order valence-electron chi connectivity index (χ4n) is 2.97. The summed E-state index contributed by atoms with van der Waals surface area (Å²) >= 11 is 0. The number of carbonyl (C=O) groups is 1.